The summed E-state index contributed by atoms with van der Waals surface area (Å²) in [5, 5.41) is 48.0. The van der Waals surface area contributed by atoms with Crippen molar-refractivity contribution >= 4 is 80.2 Å². The van der Waals surface area contributed by atoms with Gasteiger partial charge < -0.3 is 132 Å². The minimum atomic E-state index is -0.642. The van der Waals surface area contributed by atoms with Gasteiger partial charge in [0.25, 0.3) is 0 Å². The van der Waals surface area contributed by atoms with Crippen molar-refractivity contribution in [1.82, 2.24) is 88.0 Å². The van der Waals surface area contributed by atoms with Gasteiger partial charge in [-0.05, 0) is 148 Å². The Morgan fingerprint density at radius 3 is 1.27 bits per heavy atom. The molecule has 4 unspecified atom stereocenters. The number of hydrogen-bond donors (Lipinski definition) is 26. The predicted molar refractivity (Wildman–Crippen MR) is 497 cm³/mol. The summed E-state index contributed by atoms with van der Waals surface area (Å²) in [4.78, 5) is 96.9. The molecule has 4 atom stereocenters. The number of amidine groups is 2. The topological polar surface area (TPSA) is 665 Å². The van der Waals surface area contributed by atoms with Crippen LogP contribution in [0.1, 0.15) is 162 Å². The van der Waals surface area contributed by atoms with Crippen LogP contribution in [0, 0.1) is 10.8 Å². The summed E-state index contributed by atoms with van der Waals surface area (Å²) in [6.07, 6.45) is 16.9. The average molecular weight is 1750 g/mol. The van der Waals surface area contributed by atoms with Gasteiger partial charge in [0.05, 0.1) is 35.8 Å². The summed E-state index contributed by atoms with van der Waals surface area (Å²) in [7, 11) is 3.71. The van der Waals surface area contributed by atoms with Gasteiger partial charge in [-0.3, -0.25) is 80.3 Å². The third kappa shape index (κ3) is 74.2. The van der Waals surface area contributed by atoms with Crippen molar-refractivity contribution in [2.75, 3.05) is 247 Å². The molecule has 0 saturated heterocycles. The van der Waals surface area contributed by atoms with E-state index in [0.29, 0.717) is 168 Å². The lowest BCUT2D eigenvalue weighted by Crippen LogP contribution is -2.47. The number of aliphatic imine (C=N–C) groups is 2. The molecule has 5 amide bonds. The van der Waals surface area contributed by atoms with Crippen molar-refractivity contribution in [3.63, 3.8) is 0 Å². The maximum Gasteiger partial charge on any atom is 0.237 e. The Kier molecular flexibility index (Phi) is 77.3. The number of guanidine groups is 1. The number of rotatable bonds is 89. The molecule has 120 heavy (non-hydrogen) atoms. The molecule has 0 rings (SSSR count). The zero-order valence-corrected chi connectivity index (χ0v) is 75.5. The number of carbonyl (C=O) groups is 6. The number of nitrogens with one attached hydrogen (secondary N) is 13. The van der Waals surface area contributed by atoms with E-state index in [1.165, 1.54) is 6.92 Å². The van der Waals surface area contributed by atoms with Gasteiger partial charge in [0.1, 0.15) is 12.1 Å². The van der Waals surface area contributed by atoms with Crippen molar-refractivity contribution in [3.8, 4) is 0 Å². The van der Waals surface area contributed by atoms with Gasteiger partial charge in [-0.2, -0.15) is 0 Å². The highest BCUT2D eigenvalue weighted by Gasteiger charge is 2.20. The Balaban J connectivity index is 5.15. The zero-order chi connectivity index (χ0) is 88.9. The third-order valence-electron chi connectivity index (χ3n) is 20.1. The van der Waals surface area contributed by atoms with Crippen LogP contribution < -0.4 is 133 Å². The highest BCUT2D eigenvalue weighted by atomic mass is 33.1. The fourth-order valence-electron chi connectivity index (χ4n) is 12.8. The number of amides is 5. The molecule has 0 aromatic rings. The minimum Gasteiger partial charge on any atom is -0.388 e. The monoisotopic (exact) mass is 1750 g/mol. The van der Waals surface area contributed by atoms with Gasteiger partial charge in [0.2, 0.25) is 29.5 Å². The van der Waals surface area contributed by atoms with Gasteiger partial charge in [-0.25, -0.2) is 0 Å². The molecule has 0 heterocycles. The summed E-state index contributed by atoms with van der Waals surface area (Å²) >= 11 is 0. The summed E-state index contributed by atoms with van der Waals surface area (Å²) in [6.45, 7) is 27.8. The van der Waals surface area contributed by atoms with E-state index < -0.39 is 30.5 Å². The highest BCUT2D eigenvalue weighted by Crippen LogP contribution is 2.24. The van der Waals surface area contributed by atoms with E-state index in [2.05, 4.69) is 93.0 Å². The molecule has 42 heteroatoms. The number of unbranched alkanes of at least 4 members (excludes halogenated alkanes) is 5. The smallest absolute Gasteiger partial charge is 0.237 e. The maximum absolute atomic E-state index is 12.7. The van der Waals surface area contributed by atoms with Crippen LogP contribution in [0.5, 0.6) is 0 Å². The Morgan fingerprint density at radius 1 is 0.358 bits per heavy atom. The van der Waals surface area contributed by atoms with Crippen molar-refractivity contribution in [2.24, 2.45) is 84.6 Å². The third-order valence-corrected chi connectivity index (χ3v) is 22.7. The van der Waals surface area contributed by atoms with E-state index in [1.54, 1.807) is 6.92 Å². The molecule has 0 aliphatic carbocycles. The highest BCUT2D eigenvalue weighted by molar-refractivity contribution is 8.76. The predicted octanol–water partition coefficient (Wildman–Crippen LogP) is -5.28. The van der Waals surface area contributed by atoms with Crippen molar-refractivity contribution in [1.29, 1.82) is 10.8 Å². The van der Waals surface area contributed by atoms with E-state index >= 15 is 0 Å². The molecule has 0 fully saturated rings. The Labute approximate surface area is 728 Å². The van der Waals surface area contributed by atoms with Gasteiger partial charge >= 0.3 is 0 Å². The lowest BCUT2D eigenvalue weighted by Gasteiger charge is -2.28. The molecule has 40 nitrogen and oxygen atoms in total. The van der Waals surface area contributed by atoms with E-state index in [0.717, 1.165) is 238 Å². The van der Waals surface area contributed by atoms with Gasteiger partial charge in [0.15, 0.2) is 5.96 Å². The molecule has 0 aromatic heterocycles. The second-order valence-electron chi connectivity index (χ2n) is 30.8. The second kappa shape index (κ2) is 80.8. The SMILES string of the molecule is CC(=O)NCCN(CCCCCN=C(N)CCCSSCCCC(=N)CCCNCCN(CCNC(C)=O)CCN(CCCCCN(CN)CCNC(=O)C(N)CCCNC(N)N)CCNCCNC(=O)C(N)CCNN)CCN(CCNCCCC(=O)C(N)CCCCC(=N)N)CCNCCN(CCN)CCNC(=O)C(N)CCCN=C(N)N. The molecule has 39 N–H and O–H groups in total. The lowest BCUT2D eigenvalue weighted by atomic mass is 10.0. The molecule has 0 radical (unpaired) electrons. The van der Waals surface area contributed by atoms with E-state index in [9.17, 15) is 28.8 Å². The van der Waals surface area contributed by atoms with Crippen LogP contribution >= 0.6 is 21.6 Å². The van der Waals surface area contributed by atoms with Crippen LogP contribution in [0.4, 0.5) is 0 Å². The molecule has 0 spiro atoms. The first-order valence-electron chi connectivity index (χ1n) is 44.4. The minimum absolute atomic E-state index is 0.0149. The fourth-order valence-corrected chi connectivity index (χ4v) is 15.0. The largest absolute Gasteiger partial charge is 0.388 e. The molecular weight excluding hydrogens is 1570 g/mol. The average Bonchev–Trinajstić information content (AvgIpc) is 0.887. The number of carbonyl (C=O) groups excluding carboxylic acids is 6. The standard InChI is InChI=1S/C78H172N34O6S2/c1-64(113)98-40-53-108(58-59-110(50-35-95-28-14-22-71(115)67(82)19-5-6-23-72(86)87)52-39-97-38-49-109(47-26-79)55-42-102-74(116)68(83)20-12-30-104-77(89)90)44-8-3-7-29-100-73(88)24-16-62-120-119-61-15-18-66(81)17-11-27-94-36-51-111(54-41-99-65(2)114)60-57-107(48-37-96-33-34-101-76(118)70(85)25-32-106-93)45-9-4-10-46-112(63-80)56-43-103-75(117)69(84)21-13-31-105-78(91)92/h67-70,78,81,94-97,105-106H,3-63,79-80,82-85,91-93H2,1-2H3,(H3,86,87)(H2,88,100)(H,98,113)(H,99,114)(H,101,118)(H,102,116)(H,103,117)(H4,89,90,104). The summed E-state index contributed by atoms with van der Waals surface area (Å²) < 4.78 is 0. The van der Waals surface area contributed by atoms with Crippen molar-refractivity contribution in [3.05, 3.63) is 0 Å². The summed E-state index contributed by atoms with van der Waals surface area (Å²) in [6, 6.07) is -2.37. The van der Waals surface area contributed by atoms with Crippen LogP contribution in [0.25, 0.3) is 0 Å². The van der Waals surface area contributed by atoms with Crippen molar-refractivity contribution in [2.45, 2.75) is 192 Å². The number of hydrazine groups is 1. The molecule has 0 saturated carbocycles. The van der Waals surface area contributed by atoms with Crippen LogP contribution in [0.15, 0.2) is 9.98 Å². The number of Topliss-reactive ketones (excluding diaryl/α,β-unsaturated/α-hetero) is 1. The van der Waals surface area contributed by atoms with Crippen molar-refractivity contribution < 1.29 is 28.8 Å². The lowest BCUT2D eigenvalue weighted by molar-refractivity contribution is -0.123. The molecule has 0 aliphatic heterocycles. The first-order chi connectivity index (χ1) is 57.8. The summed E-state index contributed by atoms with van der Waals surface area (Å²) in [5.41, 5.74) is 73.5. The van der Waals surface area contributed by atoms with Crippen LogP contribution in [0.3, 0.4) is 0 Å². The first-order valence-corrected chi connectivity index (χ1v) is 46.9. The van der Waals surface area contributed by atoms with Gasteiger partial charge in [0, 0.05) is 247 Å². The van der Waals surface area contributed by atoms with Gasteiger partial charge in [-0.1, -0.05) is 40.9 Å². The van der Waals surface area contributed by atoms with E-state index in [1.807, 2.05) is 21.6 Å². The Bertz CT molecular complexity index is 2630. The van der Waals surface area contributed by atoms with Gasteiger partial charge in [-0.15, -0.1) is 0 Å². The molecule has 702 valence electrons. The van der Waals surface area contributed by atoms with Crippen LogP contribution in [-0.2, 0) is 28.8 Å². The van der Waals surface area contributed by atoms with Crippen LogP contribution in [0.2, 0.25) is 0 Å². The Morgan fingerprint density at radius 2 is 0.775 bits per heavy atom. The number of nitrogens with two attached hydrogens (primary N) is 13. The maximum atomic E-state index is 12.7. The number of nitrogens with zero attached hydrogens (tertiary/aromatic N) is 8. The normalized spacial score (nSPS) is 12.9. The molecule has 0 aromatic carbocycles. The molecular formula is C78H172N34O6S2. The number of hydrogen-bond acceptors (Lipinski definition) is 33. The van der Waals surface area contributed by atoms with E-state index in [-0.39, 0.29) is 47.1 Å². The quantitative estimate of drug-likeness (QED) is 0.00514. The second-order valence-corrected chi connectivity index (χ2v) is 33.5. The molecule has 0 bridgehead atoms. The Hall–Kier alpha value is -5.24. The van der Waals surface area contributed by atoms with E-state index in [4.69, 9.17) is 90.5 Å². The summed E-state index contributed by atoms with van der Waals surface area (Å²) in [5.74, 6) is 7.54. The fraction of sp³-hybridized carbons (Fsp3) is 0.872. The molecule has 0 aliphatic rings. The zero-order valence-electron chi connectivity index (χ0n) is 73.9. The first kappa shape index (κ1) is 115. The van der Waals surface area contributed by atoms with Crippen LogP contribution in [-0.4, -0.2) is 366 Å². The number of ketones is 1.